The number of rotatable bonds is 10. The van der Waals surface area contributed by atoms with Crippen molar-refractivity contribution < 1.29 is 85.1 Å². The molecule has 26 heavy (non-hydrogen) atoms. The van der Waals surface area contributed by atoms with Crippen molar-refractivity contribution in [2.45, 2.75) is 12.8 Å². The quantitative estimate of drug-likeness (QED) is 0.208. The Hall–Kier alpha value is 0.440. The Labute approximate surface area is 198 Å². The molecule has 0 saturated carbocycles. The molecular formula is C13H19N3Na2O6S2. The number of benzene rings is 1. The SMILES string of the molecule is CN=Nc1ccc(N(CCCS(=O)(=O)[O-])CCCS(=O)(=O)[O-])cc1.[Na+].[Na+]. The summed E-state index contributed by atoms with van der Waals surface area (Å²) in [5.74, 6) is -1.02. The van der Waals surface area contributed by atoms with E-state index < -0.39 is 31.7 Å². The minimum atomic E-state index is -4.31. The minimum absolute atomic E-state index is 0. The first-order chi connectivity index (χ1) is 11.1. The molecule has 0 saturated heterocycles. The molecule has 0 aliphatic carbocycles. The summed E-state index contributed by atoms with van der Waals surface area (Å²) in [6.45, 7) is 0.490. The van der Waals surface area contributed by atoms with Gasteiger partial charge in [0.1, 0.15) is 0 Å². The number of hydrogen-bond acceptors (Lipinski definition) is 9. The zero-order chi connectivity index (χ0) is 18.2. The van der Waals surface area contributed by atoms with E-state index in [4.69, 9.17) is 0 Å². The van der Waals surface area contributed by atoms with Gasteiger partial charge in [-0.15, -0.1) is 0 Å². The second kappa shape index (κ2) is 13.6. The van der Waals surface area contributed by atoms with Gasteiger partial charge < -0.3 is 14.0 Å². The average molecular weight is 423 g/mol. The van der Waals surface area contributed by atoms with Crippen LogP contribution in [-0.2, 0) is 20.2 Å². The molecule has 0 amide bonds. The van der Waals surface area contributed by atoms with Crippen molar-refractivity contribution in [3.63, 3.8) is 0 Å². The van der Waals surface area contributed by atoms with Gasteiger partial charge in [0.15, 0.2) is 0 Å². The van der Waals surface area contributed by atoms with Crippen LogP contribution in [0.25, 0.3) is 0 Å². The average Bonchev–Trinajstić information content (AvgIpc) is 2.44. The van der Waals surface area contributed by atoms with Crippen LogP contribution in [0.4, 0.5) is 11.4 Å². The van der Waals surface area contributed by atoms with Crippen LogP contribution >= 0.6 is 0 Å². The van der Waals surface area contributed by atoms with Crippen LogP contribution in [0.15, 0.2) is 34.5 Å². The summed E-state index contributed by atoms with van der Waals surface area (Å²) in [7, 11) is -7.08. The molecule has 136 valence electrons. The molecule has 13 heteroatoms. The zero-order valence-electron chi connectivity index (χ0n) is 15.2. The number of hydrogen-bond donors (Lipinski definition) is 0. The first kappa shape index (κ1) is 28.6. The molecule has 9 nitrogen and oxygen atoms in total. The van der Waals surface area contributed by atoms with E-state index >= 15 is 0 Å². The van der Waals surface area contributed by atoms with Crippen molar-refractivity contribution >= 4 is 31.6 Å². The molecule has 1 rings (SSSR count). The predicted octanol–water partition coefficient (Wildman–Crippen LogP) is -4.91. The van der Waals surface area contributed by atoms with Crippen LogP contribution in [0.2, 0.25) is 0 Å². The van der Waals surface area contributed by atoms with Crippen molar-refractivity contribution in [3.8, 4) is 0 Å². The summed E-state index contributed by atoms with van der Waals surface area (Å²) in [5, 5.41) is 7.50. The first-order valence-corrected chi connectivity index (χ1v) is 10.3. The molecule has 0 aromatic heterocycles. The summed E-state index contributed by atoms with van der Waals surface area (Å²) in [6.07, 6.45) is 0.207. The van der Waals surface area contributed by atoms with Gasteiger partial charge in [-0.25, -0.2) is 16.8 Å². The van der Waals surface area contributed by atoms with E-state index in [2.05, 4.69) is 10.2 Å². The Morgan fingerprint density at radius 3 is 1.65 bits per heavy atom. The van der Waals surface area contributed by atoms with E-state index in [-0.39, 0.29) is 85.0 Å². The van der Waals surface area contributed by atoms with Gasteiger partial charge >= 0.3 is 59.1 Å². The van der Waals surface area contributed by atoms with Gasteiger partial charge in [0.05, 0.1) is 25.9 Å². The maximum Gasteiger partial charge on any atom is 1.00 e. The van der Waals surface area contributed by atoms with Crippen LogP contribution in [-0.4, -0.2) is 57.6 Å². The Morgan fingerprint density at radius 1 is 0.885 bits per heavy atom. The van der Waals surface area contributed by atoms with Crippen molar-refractivity contribution in [1.82, 2.24) is 0 Å². The van der Waals surface area contributed by atoms with E-state index in [1.807, 2.05) is 0 Å². The summed E-state index contributed by atoms with van der Waals surface area (Å²) in [4.78, 5) is 1.73. The maximum absolute atomic E-state index is 10.7. The van der Waals surface area contributed by atoms with E-state index in [9.17, 15) is 25.9 Å². The molecule has 1 aromatic rings. The van der Waals surface area contributed by atoms with Gasteiger partial charge in [-0.1, -0.05) is 0 Å². The molecule has 0 spiro atoms. The Morgan fingerprint density at radius 2 is 1.31 bits per heavy atom. The van der Waals surface area contributed by atoms with Crippen molar-refractivity contribution in [2.24, 2.45) is 10.2 Å². The standard InChI is InChI=1S/C13H21N3O6S2.2Na/c1-14-15-12-4-6-13(7-5-12)16(8-2-10-23(17,18)19)9-3-11-24(20,21)22;;/h4-7H,2-3,8-11H2,1H3,(H,17,18,19)(H,20,21,22);;/q;2*+1/p-2. The number of azo groups is 1. The molecule has 0 aliphatic rings. The molecule has 0 heterocycles. The van der Waals surface area contributed by atoms with Gasteiger partial charge in [-0.3, -0.25) is 0 Å². The van der Waals surface area contributed by atoms with Gasteiger partial charge in [-0.05, 0) is 37.1 Å². The minimum Gasteiger partial charge on any atom is -0.748 e. The van der Waals surface area contributed by atoms with Gasteiger partial charge in [0.25, 0.3) is 0 Å². The van der Waals surface area contributed by atoms with Crippen LogP contribution in [0.1, 0.15) is 12.8 Å². The van der Waals surface area contributed by atoms with E-state index in [0.717, 1.165) is 0 Å². The van der Waals surface area contributed by atoms with Gasteiger partial charge in [-0.2, -0.15) is 10.2 Å². The molecule has 0 radical (unpaired) electrons. The van der Waals surface area contributed by atoms with Crippen molar-refractivity contribution in [1.29, 1.82) is 0 Å². The van der Waals surface area contributed by atoms with Gasteiger partial charge in [0, 0.05) is 37.3 Å². The predicted molar refractivity (Wildman–Crippen MR) is 87.5 cm³/mol. The third kappa shape index (κ3) is 13.6. The molecule has 1 aromatic carbocycles. The Balaban J connectivity index is 0. The van der Waals surface area contributed by atoms with E-state index in [0.29, 0.717) is 11.4 Å². The summed E-state index contributed by atoms with van der Waals surface area (Å²) >= 11 is 0. The third-order valence-electron chi connectivity index (χ3n) is 3.08. The third-order valence-corrected chi connectivity index (χ3v) is 4.65. The zero-order valence-corrected chi connectivity index (χ0v) is 20.8. The van der Waals surface area contributed by atoms with E-state index in [1.165, 1.54) is 7.05 Å². The molecule has 0 fully saturated rings. The summed E-state index contributed by atoms with van der Waals surface area (Å²) in [5.41, 5.74) is 1.34. The maximum atomic E-state index is 10.7. The second-order valence-corrected chi connectivity index (χ2v) is 8.08. The fourth-order valence-electron chi connectivity index (χ4n) is 2.08. The van der Waals surface area contributed by atoms with Crippen LogP contribution < -0.4 is 64.0 Å². The second-order valence-electron chi connectivity index (χ2n) is 5.03. The first-order valence-electron chi connectivity index (χ1n) is 7.13. The molecule has 0 atom stereocenters. The molecule has 0 unspecified atom stereocenters. The molecule has 0 aliphatic heterocycles. The summed E-state index contributed by atoms with van der Waals surface area (Å²) in [6, 6.07) is 6.84. The molecule has 0 bridgehead atoms. The Bertz CT molecular complexity index is 717. The topological polar surface area (TPSA) is 142 Å². The number of anilines is 1. The van der Waals surface area contributed by atoms with Gasteiger partial charge in [0.2, 0.25) is 0 Å². The molecular weight excluding hydrogens is 404 g/mol. The van der Waals surface area contributed by atoms with Crippen LogP contribution in [0, 0.1) is 0 Å². The Kier molecular flexibility index (Phi) is 15.0. The van der Waals surface area contributed by atoms with Crippen molar-refractivity contribution in [2.75, 3.05) is 36.5 Å². The molecule has 0 N–H and O–H groups in total. The largest absolute Gasteiger partial charge is 1.00 e. The smallest absolute Gasteiger partial charge is 0.748 e. The van der Waals surface area contributed by atoms with Crippen LogP contribution in [0.5, 0.6) is 0 Å². The fourth-order valence-corrected chi connectivity index (χ4v) is 3.05. The normalized spacial score (nSPS) is 11.7. The fraction of sp³-hybridized carbons (Fsp3) is 0.538. The van der Waals surface area contributed by atoms with Crippen molar-refractivity contribution in [3.05, 3.63) is 24.3 Å². The monoisotopic (exact) mass is 423 g/mol. The van der Waals surface area contributed by atoms with E-state index in [1.54, 1.807) is 29.2 Å². The summed E-state index contributed by atoms with van der Waals surface area (Å²) < 4.78 is 64.2. The van der Waals surface area contributed by atoms with Crippen LogP contribution in [0.3, 0.4) is 0 Å². The number of nitrogens with zero attached hydrogens (tertiary/aromatic N) is 3.